The van der Waals surface area contributed by atoms with Crippen molar-refractivity contribution in [2.24, 2.45) is 0 Å². The average molecular weight is 392 g/mol. The van der Waals surface area contributed by atoms with Crippen LogP contribution in [-0.2, 0) is 13.0 Å². The highest BCUT2D eigenvalue weighted by Crippen LogP contribution is 2.37. The van der Waals surface area contributed by atoms with Crippen molar-refractivity contribution in [3.05, 3.63) is 62.7 Å². The minimum atomic E-state index is -0.346. The van der Waals surface area contributed by atoms with Crippen LogP contribution < -0.4 is 15.0 Å². The van der Waals surface area contributed by atoms with Gasteiger partial charge in [0.25, 0.3) is 11.5 Å². The number of aromatic nitrogens is 3. The van der Waals surface area contributed by atoms with E-state index in [1.54, 1.807) is 18.7 Å². The second-order valence-electron chi connectivity index (χ2n) is 7.41. The zero-order valence-corrected chi connectivity index (χ0v) is 16.2. The van der Waals surface area contributed by atoms with Gasteiger partial charge in [-0.05, 0) is 43.7 Å². The molecular weight excluding hydrogens is 372 g/mol. The summed E-state index contributed by atoms with van der Waals surface area (Å²) in [5.74, 6) is 1.14. The largest absolute Gasteiger partial charge is 0.454 e. The number of nitrogens with one attached hydrogen (secondary N) is 2. The first-order chi connectivity index (χ1) is 14.0. The summed E-state index contributed by atoms with van der Waals surface area (Å²) in [6.45, 7) is 4.73. The fourth-order valence-corrected chi connectivity index (χ4v) is 4.03. The smallest absolute Gasteiger partial charge is 0.261 e. The van der Waals surface area contributed by atoms with Crippen molar-refractivity contribution in [2.45, 2.75) is 26.8 Å². The molecule has 2 N–H and O–H groups in total. The van der Waals surface area contributed by atoms with Crippen molar-refractivity contribution in [3.8, 4) is 22.8 Å². The van der Waals surface area contributed by atoms with Crippen LogP contribution in [0, 0.1) is 13.8 Å². The van der Waals surface area contributed by atoms with Gasteiger partial charge in [0.1, 0.15) is 5.56 Å². The SMILES string of the molecule is Cc1cc(C)c(C(=O)N2CCc3[nH]nc(-c4ccc5c(c4)OCO5)c3C2)c(=O)[nH]1. The molecule has 0 fully saturated rings. The van der Waals surface area contributed by atoms with E-state index < -0.39 is 0 Å². The molecule has 3 aromatic rings. The third kappa shape index (κ3) is 2.88. The summed E-state index contributed by atoms with van der Waals surface area (Å²) < 4.78 is 10.8. The van der Waals surface area contributed by atoms with Crippen LogP contribution in [0.2, 0.25) is 0 Å². The number of H-pyrrole nitrogens is 2. The molecule has 0 bridgehead atoms. The molecule has 0 aliphatic carbocycles. The van der Waals surface area contributed by atoms with Gasteiger partial charge in [-0.15, -0.1) is 0 Å². The molecule has 2 aliphatic heterocycles. The lowest BCUT2D eigenvalue weighted by molar-refractivity contribution is 0.0732. The van der Waals surface area contributed by atoms with Gasteiger partial charge in [0.15, 0.2) is 11.5 Å². The van der Waals surface area contributed by atoms with Gasteiger partial charge in [0.05, 0.1) is 5.69 Å². The first-order valence-electron chi connectivity index (χ1n) is 9.47. The molecule has 1 amide bonds. The van der Waals surface area contributed by atoms with E-state index in [0.717, 1.165) is 28.2 Å². The molecule has 29 heavy (non-hydrogen) atoms. The number of hydrogen-bond acceptors (Lipinski definition) is 5. The highest BCUT2D eigenvalue weighted by Gasteiger charge is 2.29. The zero-order valence-electron chi connectivity index (χ0n) is 16.2. The van der Waals surface area contributed by atoms with E-state index in [2.05, 4.69) is 15.2 Å². The van der Waals surface area contributed by atoms with E-state index in [1.165, 1.54) is 0 Å². The highest BCUT2D eigenvalue weighted by atomic mass is 16.7. The van der Waals surface area contributed by atoms with Crippen molar-refractivity contribution >= 4 is 5.91 Å². The summed E-state index contributed by atoms with van der Waals surface area (Å²) in [6, 6.07) is 7.51. The number of carbonyl (C=O) groups is 1. The van der Waals surface area contributed by atoms with Crippen LogP contribution in [0.15, 0.2) is 29.1 Å². The molecular formula is C21H20N4O4. The van der Waals surface area contributed by atoms with Gasteiger partial charge >= 0.3 is 0 Å². The molecule has 8 nitrogen and oxygen atoms in total. The maximum Gasteiger partial charge on any atom is 0.261 e. The van der Waals surface area contributed by atoms with Gasteiger partial charge in [-0.1, -0.05) is 0 Å². The molecule has 0 unspecified atom stereocenters. The van der Waals surface area contributed by atoms with Gasteiger partial charge < -0.3 is 19.4 Å². The maximum absolute atomic E-state index is 13.1. The number of pyridine rings is 1. The normalized spacial score (nSPS) is 14.8. The maximum atomic E-state index is 13.1. The number of ether oxygens (including phenoxy) is 2. The molecule has 4 heterocycles. The molecule has 148 valence electrons. The monoisotopic (exact) mass is 392 g/mol. The van der Waals surface area contributed by atoms with Gasteiger partial charge in [0.2, 0.25) is 6.79 Å². The predicted molar refractivity (Wildman–Crippen MR) is 105 cm³/mol. The average Bonchev–Trinajstić information content (AvgIpc) is 3.32. The Morgan fingerprint density at radius 1 is 1.17 bits per heavy atom. The van der Waals surface area contributed by atoms with E-state index in [0.29, 0.717) is 36.6 Å². The van der Waals surface area contributed by atoms with Crippen LogP contribution in [-0.4, -0.2) is 39.3 Å². The Balaban J connectivity index is 1.48. The molecule has 2 aromatic heterocycles. The Morgan fingerprint density at radius 3 is 2.83 bits per heavy atom. The van der Waals surface area contributed by atoms with E-state index in [-0.39, 0.29) is 23.8 Å². The molecule has 0 spiro atoms. The standard InChI is InChI=1S/C21H20N4O4/c1-11-7-12(2)22-20(26)18(11)21(27)25-6-5-15-14(9-25)19(24-23-15)13-3-4-16-17(8-13)29-10-28-16/h3-4,7-8H,5-6,9-10H2,1-2H3,(H,22,26)(H,23,24). The number of aryl methyl sites for hydroxylation is 2. The highest BCUT2D eigenvalue weighted by molar-refractivity contribution is 5.95. The number of fused-ring (bicyclic) bond motifs is 2. The molecule has 1 aromatic carbocycles. The van der Waals surface area contributed by atoms with Crippen LogP contribution in [0.4, 0.5) is 0 Å². The second kappa shape index (κ2) is 6.51. The summed E-state index contributed by atoms with van der Waals surface area (Å²) >= 11 is 0. The molecule has 2 aliphatic rings. The van der Waals surface area contributed by atoms with Gasteiger partial charge in [-0.3, -0.25) is 14.7 Å². The topological polar surface area (TPSA) is 100 Å². The van der Waals surface area contributed by atoms with Crippen molar-refractivity contribution in [2.75, 3.05) is 13.3 Å². The quantitative estimate of drug-likeness (QED) is 0.697. The van der Waals surface area contributed by atoms with E-state index >= 15 is 0 Å². The van der Waals surface area contributed by atoms with Crippen LogP contribution in [0.5, 0.6) is 11.5 Å². The van der Waals surface area contributed by atoms with Crippen molar-refractivity contribution in [1.82, 2.24) is 20.1 Å². The number of amides is 1. The van der Waals surface area contributed by atoms with Crippen LogP contribution in [0.25, 0.3) is 11.3 Å². The summed E-state index contributed by atoms with van der Waals surface area (Å²) in [5, 5.41) is 7.57. The number of benzene rings is 1. The molecule has 0 saturated heterocycles. The number of hydrogen-bond donors (Lipinski definition) is 2. The summed E-state index contributed by atoms with van der Waals surface area (Å²) in [7, 11) is 0. The third-order valence-corrected chi connectivity index (χ3v) is 5.45. The lowest BCUT2D eigenvalue weighted by atomic mass is 9.99. The fraction of sp³-hybridized carbons (Fsp3) is 0.286. The van der Waals surface area contributed by atoms with Crippen LogP contribution in [0.3, 0.4) is 0 Å². The van der Waals surface area contributed by atoms with Gasteiger partial charge in [-0.2, -0.15) is 5.10 Å². The second-order valence-corrected chi connectivity index (χ2v) is 7.41. The summed E-state index contributed by atoms with van der Waals surface area (Å²) in [5.41, 5.74) is 4.93. The number of nitrogens with zero attached hydrogens (tertiary/aromatic N) is 2. The third-order valence-electron chi connectivity index (χ3n) is 5.45. The molecule has 5 rings (SSSR count). The van der Waals surface area contributed by atoms with Crippen LogP contribution in [0.1, 0.15) is 32.9 Å². The molecule has 0 atom stereocenters. The lowest BCUT2D eigenvalue weighted by Crippen LogP contribution is -2.39. The lowest BCUT2D eigenvalue weighted by Gasteiger charge is -2.27. The minimum Gasteiger partial charge on any atom is -0.454 e. The Labute approximate surface area is 166 Å². The number of rotatable bonds is 2. The van der Waals surface area contributed by atoms with Crippen molar-refractivity contribution in [3.63, 3.8) is 0 Å². The van der Waals surface area contributed by atoms with Gasteiger partial charge in [-0.25, -0.2) is 0 Å². The fourth-order valence-electron chi connectivity index (χ4n) is 4.03. The summed E-state index contributed by atoms with van der Waals surface area (Å²) in [6.07, 6.45) is 0.654. The van der Waals surface area contributed by atoms with Crippen LogP contribution >= 0.6 is 0 Å². The van der Waals surface area contributed by atoms with Crippen molar-refractivity contribution in [1.29, 1.82) is 0 Å². The summed E-state index contributed by atoms with van der Waals surface area (Å²) in [4.78, 5) is 30.0. The van der Waals surface area contributed by atoms with E-state index in [9.17, 15) is 9.59 Å². The Hall–Kier alpha value is -3.55. The van der Waals surface area contributed by atoms with E-state index in [1.807, 2.05) is 24.3 Å². The van der Waals surface area contributed by atoms with E-state index in [4.69, 9.17) is 9.47 Å². The molecule has 0 radical (unpaired) electrons. The molecule has 8 heteroatoms. The van der Waals surface area contributed by atoms with Crippen molar-refractivity contribution < 1.29 is 14.3 Å². The number of aromatic amines is 2. The zero-order chi connectivity index (χ0) is 20.1. The Kier molecular flexibility index (Phi) is 3.94. The predicted octanol–water partition coefficient (Wildman–Crippen LogP) is 2.31. The number of carbonyl (C=O) groups excluding carboxylic acids is 1. The Morgan fingerprint density at radius 2 is 2.00 bits per heavy atom. The Bertz CT molecular complexity index is 1190. The van der Waals surface area contributed by atoms with Gasteiger partial charge in [0, 0.05) is 42.0 Å². The molecule has 0 saturated carbocycles. The first kappa shape index (κ1) is 17.5. The minimum absolute atomic E-state index is 0.201. The first-order valence-corrected chi connectivity index (χ1v) is 9.47.